The van der Waals surface area contributed by atoms with Crippen LogP contribution in [0.5, 0.6) is 0 Å². The van der Waals surface area contributed by atoms with E-state index >= 15 is 0 Å². The molecule has 0 unspecified atom stereocenters. The molecule has 1 atom stereocenters. The molecule has 8 heteroatoms. The Morgan fingerprint density at radius 3 is 2.57 bits per heavy atom. The zero-order valence-corrected chi connectivity index (χ0v) is 13.7. The van der Waals surface area contributed by atoms with Crippen LogP contribution in [0, 0.1) is 0 Å². The lowest BCUT2D eigenvalue weighted by Crippen LogP contribution is -2.49. The summed E-state index contributed by atoms with van der Waals surface area (Å²) in [5, 5.41) is 8.80. The minimum absolute atomic E-state index is 0.0167. The highest BCUT2D eigenvalue weighted by atomic mass is 32.2. The molecule has 1 aromatic carbocycles. The number of imidazole rings is 1. The lowest BCUT2D eigenvalue weighted by Gasteiger charge is -2.25. The third kappa shape index (κ3) is 3.59. The third-order valence-corrected chi connectivity index (χ3v) is 5.98. The van der Waals surface area contributed by atoms with Crippen LogP contribution < -0.4 is 5.48 Å². The van der Waals surface area contributed by atoms with Gasteiger partial charge in [0, 0.05) is 24.6 Å². The van der Waals surface area contributed by atoms with Crippen LogP contribution >= 0.6 is 0 Å². The van der Waals surface area contributed by atoms with E-state index in [1.807, 2.05) is 30.3 Å². The summed E-state index contributed by atoms with van der Waals surface area (Å²) in [5.41, 5.74) is 3.15. The predicted molar refractivity (Wildman–Crippen MR) is 85.5 cm³/mol. The SMILES string of the molecule is C[C@@](CCn1cnc(-c2ccccc2)c1)(C(=O)NO)S(C)(=O)=O. The zero-order chi connectivity index (χ0) is 17.1. The van der Waals surface area contributed by atoms with Crippen molar-refractivity contribution in [2.24, 2.45) is 0 Å². The first kappa shape index (κ1) is 17.2. The molecular weight excluding hydrogens is 318 g/mol. The molecule has 2 N–H and O–H groups in total. The van der Waals surface area contributed by atoms with Crippen LogP contribution in [-0.4, -0.2) is 40.1 Å². The first-order valence-corrected chi connectivity index (χ1v) is 8.88. The first-order valence-electron chi connectivity index (χ1n) is 6.99. The number of carbonyl (C=O) groups is 1. The molecule has 0 aliphatic rings. The number of nitrogens with one attached hydrogen (secondary N) is 1. The van der Waals surface area contributed by atoms with Gasteiger partial charge >= 0.3 is 0 Å². The predicted octanol–water partition coefficient (Wildman–Crippen LogP) is 1.25. The first-order chi connectivity index (χ1) is 10.8. The van der Waals surface area contributed by atoms with Gasteiger partial charge in [0.15, 0.2) is 14.6 Å². The standard InChI is InChI=1S/C15H19N3O4S/c1-15(14(19)17-20,23(2,21)22)8-9-18-10-13(16-11-18)12-6-4-3-5-7-12/h3-7,10-11,20H,8-9H2,1-2H3,(H,17,19)/t15-/m1/s1. The van der Waals surface area contributed by atoms with Crippen molar-refractivity contribution in [3.63, 3.8) is 0 Å². The Hall–Kier alpha value is -2.19. The molecule has 1 aromatic heterocycles. The van der Waals surface area contributed by atoms with Crippen LogP contribution in [0.4, 0.5) is 0 Å². The van der Waals surface area contributed by atoms with Crippen LogP contribution in [-0.2, 0) is 21.2 Å². The number of amides is 1. The average Bonchev–Trinajstić information content (AvgIpc) is 3.00. The number of sulfone groups is 1. The van der Waals surface area contributed by atoms with Crippen molar-refractivity contribution in [2.45, 2.75) is 24.6 Å². The fourth-order valence-electron chi connectivity index (χ4n) is 2.17. The van der Waals surface area contributed by atoms with E-state index in [0.717, 1.165) is 17.5 Å². The summed E-state index contributed by atoms with van der Waals surface area (Å²) in [6.07, 6.45) is 4.37. The van der Waals surface area contributed by atoms with Gasteiger partial charge in [0.1, 0.15) is 0 Å². The van der Waals surface area contributed by atoms with E-state index in [4.69, 9.17) is 5.21 Å². The molecule has 0 radical (unpaired) electrons. The highest BCUT2D eigenvalue weighted by Crippen LogP contribution is 2.23. The van der Waals surface area contributed by atoms with E-state index in [0.29, 0.717) is 0 Å². The minimum atomic E-state index is -3.70. The van der Waals surface area contributed by atoms with E-state index in [1.165, 1.54) is 12.4 Å². The number of benzene rings is 1. The topological polar surface area (TPSA) is 101 Å². The van der Waals surface area contributed by atoms with Gasteiger partial charge in [0.2, 0.25) is 0 Å². The molecule has 7 nitrogen and oxygen atoms in total. The molecule has 0 fully saturated rings. The van der Waals surface area contributed by atoms with Crippen LogP contribution in [0.2, 0.25) is 0 Å². The molecule has 1 amide bonds. The molecule has 0 spiro atoms. The minimum Gasteiger partial charge on any atom is -0.337 e. The second kappa shape index (κ2) is 6.51. The zero-order valence-electron chi connectivity index (χ0n) is 12.9. The summed E-state index contributed by atoms with van der Waals surface area (Å²) in [4.78, 5) is 16.0. The molecule has 0 saturated heterocycles. The van der Waals surface area contributed by atoms with E-state index < -0.39 is 20.5 Å². The van der Waals surface area contributed by atoms with Gasteiger partial charge < -0.3 is 4.57 Å². The molecular formula is C15H19N3O4S. The summed E-state index contributed by atoms with van der Waals surface area (Å²) in [5.74, 6) is -0.941. The highest BCUT2D eigenvalue weighted by Gasteiger charge is 2.43. The largest absolute Gasteiger partial charge is 0.337 e. The number of hydrogen-bond acceptors (Lipinski definition) is 5. The van der Waals surface area contributed by atoms with Gasteiger partial charge in [-0.15, -0.1) is 0 Å². The second-order valence-corrected chi connectivity index (χ2v) is 8.00. The number of nitrogens with zero attached hydrogens (tertiary/aromatic N) is 2. The van der Waals surface area contributed by atoms with Crippen molar-refractivity contribution in [1.29, 1.82) is 0 Å². The van der Waals surface area contributed by atoms with Gasteiger partial charge in [0.25, 0.3) is 5.91 Å². The number of carbonyl (C=O) groups excluding carboxylic acids is 1. The van der Waals surface area contributed by atoms with E-state index in [9.17, 15) is 13.2 Å². The number of hydrogen-bond donors (Lipinski definition) is 2. The number of aromatic nitrogens is 2. The molecule has 2 rings (SSSR count). The number of hydroxylamine groups is 1. The van der Waals surface area contributed by atoms with Crippen molar-refractivity contribution in [1.82, 2.24) is 15.0 Å². The van der Waals surface area contributed by atoms with Gasteiger partial charge in [-0.05, 0) is 13.3 Å². The monoisotopic (exact) mass is 337 g/mol. The lowest BCUT2D eigenvalue weighted by molar-refractivity contribution is -0.131. The van der Waals surface area contributed by atoms with Crippen molar-refractivity contribution in [2.75, 3.05) is 6.26 Å². The number of rotatable bonds is 6. The molecule has 0 bridgehead atoms. The average molecular weight is 337 g/mol. The molecule has 0 aliphatic heterocycles. The number of aryl methyl sites for hydroxylation is 1. The van der Waals surface area contributed by atoms with Crippen LogP contribution in [0.25, 0.3) is 11.3 Å². The molecule has 0 aliphatic carbocycles. The molecule has 2 aromatic rings. The van der Waals surface area contributed by atoms with Crippen LogP contribution in [0.3, 0.4) is 0 Å². The van der Waals surface area contributed by atoms with Crippen molar-refractivity contribution >= 4 is 15.7 Å². The van der Waals surface area contributed by atoms with E-state index in [1.54, 1.807) is 17.1 Å². The van der Waals surface area contributed by atoms with Gasteiger partial charge in [-0.3, -0.25) is 10.0 Å². The Bertz CT molecular complexity index is 786. The summed E-state index contributed by atoms with van der Waals surface area (Å²) in [6, 6.07) is 9.56. The Labute approximate surface area is 134 Å². The molecule has 23 heavy (non-hydrogen) atoms. The second-order valence-electron chi connectivity index (χ2n) is 5.56. The van der Waals surface area contributed by atoms with Crippen LogP contribution in [0.1, 0.15) is 13.3 Å². The fraction of sp³-hybridized carbons (Fsp3) is 0.333. The third-order valence-electron chi connectivity index (χ3n) is 3.95. The Balaban J connectivity index is 2.17. The molecule has 1 heterocycles. The van der Waals surface area contributed by atoms with Crippen LogP contribution in [0.15, 0.2) is 42.9 Å². The van der Waals surface area contributed by atoms with Gasteiger partial charge in [-0.2, -0.15) is 0 Å². The molecule has 124 valence electrons. The Morgan fingerprint density at radius 1 is 1.35 bits per heavy atom. The van der Waals surface area contributed by atoms with Gasteiger partial charge in [-0.1, -0.05) is 30.3 Å². The van der Waals surface area contributed by atoms with Crippen molar-refractivity contribution in [3.8, 4) is 11.3 Å². The Kier molecular flexibility index (Phi) is 4.86. The van der Waals surface area contributed by atoms with Crippen molar-refractivity contribution in [3.05, 3.63) is 42.9 Å². The highest BCUT2D eigenvalue weighted by molar-refractivity contribution is 7.92. The maximum atomic E-state index is 11.9. The normalized spacial score (nSPS) is 14.2. The van der Waals surface area contributed by atoms with Gasteiger partial charge in [-0.25, -0.2) is 18.9 Å². The van der Waals surface area contributed by atoms with Crippen molar-refractivity contribution < 1.29 is 18.4 Å². The quantitative estimate of drug-likeness (QED) is 0.610. The molecule has 0 saturated carbocycles. The maximum Gasteiger partial charge on any atom is 0.264 e. The van der Waals surface area contributed by atoms with E-state index in [-0.39, 0.29) is 13.0 Å². The summed E-state index contributed by atoms with van der Waals surface area (Å²) in [6.45, 7) is 1.57. The summed E-state index contributed by atoms with van der Waals surface area (Å²) < 4.78 is 23.8. The lowest BCUT2D eigenvalue weighted by atomic mass is 10.1. The van der Waals surface area contributed by atoms with Gasteiger partial charge in [0.05, 0.1) is 12.0 Å². The maximum absolute atomic E-state index is 11.9. The summed E-state index contributed by atoms with van der Waals surface area (Å²) in [7, 11) is -3.70. The van der Waals surface area contributed by atoms with E-state index in [2.05, 4.69) is 4.98 Å². The fourth-order valence-corrected chi connectivity index (χ4v) is 3.01. The Morgan fingerprint density at radius 2 is 2.00 bits per heavy atom. The smallest absolute Gasteiger partial charge is 0.264 e. The summed E-state index contributed by atoms with van der Waals surface area (Å²) >= 11 is 0.